The number of benzene rings is 1. The molecule has 0 aliphatic heterocycles. The Hall–Kier alpha value is -1.93. The molecule has 2 aromatic rings. The maximum absolute atomic E-state index is 13.0. The Morgan fingerprint density at radius 3 is 2.76 bits per heavy atom. The predicted molar refractivity (Wildman–Crippen MR) is 76.1 cm³/mol. The highest BCUT2D eigenvalue weighted by Gasteiger charge is 2.19. The van der Waals surface area contributed by atoms with Gasteiger partial charge in [-0.05, 0) is 24.3 Å². The Labute approximate surface area is 125 Å². The number of carbonyl (C=O) groups is 1. The molecule has 112 valence electrons. The van der Waals surface area contributed by atoms with Crippen molar-refractivity contribution in [1.29, 1.82) is 0 Å². The number of rotatable bonds is 5. The zero-order valence-corrected chi connectivity index (χ0v) is 12.6. The summed E-state index contributed by atoms with van der Waals surface area (Å²) < 4.78 is 42.0. The third kappa shape index (κ3) is 4.27. The molecular weight excluding hydrogens is 317 g/mol. The molecule has 1 amide bonds. The molecule has 8 heteroatoms. The second-order valence-corrected chi connectivity index (χ2v) is 7.07. The predicted octanol–water partition coefficient (Wildman–Crippen LogP) is 2.29. The number of hydrogen-bond acceptors (Lipinski definition) is 5. The molecule has 0 atom stereocenters. The lowest BCUT2D eigenvalue weighted by molar-refractivity contribution is -0.119. The van der Waals surface area contributed by atoms with Crippen molar-refractivity contribution < 1.29 is 21.8 Å². The van der Waals surface area contributed by atoms with Gasteiger partial charge in [0, 0.05) is 17.9 Å². The fraction of sp³-hybridized carbons (Fsp3) is 0.154. The molecule has 0 saturated heterocycles. The van der Waals surface area contributed by atoms with Crippen LogP contribution in [0.1, 0.15) is 11.8 Å². The quantitative estimate of drug-likeness (QED) is 0.854. The molecule has 0 saturated carbocycles. The first-order valence-electron chi connectivity index (χ1n) is 5.90. The van der Waals surface area contributed by atoms with Crippen molar-refractivity contribution in [1.82, 2.24) is 5.32 Å². The van der Waals surface area contributed by atoms with E-state index in [0.29, 0.717) is 4.88 Å². The Morgan fingerprint density at radius 1 is 1.33 bits per heavy atom. The molecule has 5 nitrogen and oxygen atoms in total. The number of thiophene rings is 1. The van der Waals surface area contributed by atoms with Crippen molar-refractivity contribution in [3.05, 3.63) is 47.1 Å². The maximum atomic E-state index is 13.0. The monoisotopic (exact) mass is 329 g/mol. The van der Waals surface area contributed by atoms with Gasteiger partial charge in [0.05, 0.1) is 6.54 Å². The highest BCUT2D eigenvalue weighted by Crippen LogP contribution is 2.25. The van der Waals surface area contributed by atoms with Gasteiger partial charge in [0.25, 0.3) is 0 Å². The number of nitrogens with one attached hydrogen (secondary N) is 1. The van der Waals surface area contributed by atoms with Crippen LogP contribution < -0.4 is 9.50 Å². The fourth-order valence-electron chi connectivity index (χ4n) is 1.49. The lowest BCUT2D eigenvalue weighted by atomic mass is 10.3. The summed E-state index contributed by atoms with van der Waals surface area (Å²) in [6, 6.07) is 7.86. The second kappa shape index (κ2) is 6.23. The van der Waals surface area contributed by atoms with E-state index in [2.05, 4.69) is 5.32 Å². The van der Waals surface area contributed by atoms with Crippen molar-refractivity contribution in [3.8, 4) is 5.75 Å². The average molecular weight is 329 g/mol. The summed E-state index contributed by atoms with van der Waals surface area (Å²) in [5, 5.41) is 2.57. The highest BCUT2D eigenvalue weighted by molar-refractivity contribution is 7.89. The maximum Gasteiger partial charge on any atom is 0.348 e. The molecule has 0 unspecified atom stereocenters. The molecule has 1 heterocycles. The molecule has 1 aromatic heterocycles. The van der Waals surface area contributed by atoms with Gasteiger partial charge in [0.15, 0.2) is 4.21 Å². The average Bonchev–Trinajstić information content (AvgIpc) is 2.85. The number of amides is 1. The van der Waals surface area contributed by atoms with E-state index in [4.69, 9.17) is 4.18 Å². The van der Waals surface area contributed by atoms with E-state index < -0.39 is 15.9 Å². The largest absolute Gasteiger partial charge is 0.378 e. The number of carbonyl (C=O) groups excluding carboxylic acids is 1. The van der Waals surface area contributed by atoms with E-state index in [-0.39, 0.29) is 22.4 Å². The van der Waals surface area contributed by atoms with Crippen molar-refractivity contribution >= 4 is 27.4 Å². The van der Waals surface area contributed by atoms with Crippen molar-refractivity contribution in [2.24, 2.45) is 0 Å². The second-order valence-electron chi connectivity index (χ2n) is 4.13. The van der Waals surface area contributed by atoms with E-state index in [1.807, 2.05) is 0 Å². The summed E-state index contributed by atoms with van der Waals surface area (Å²) in [5.41, 5.74) is 0. The van der Waals surface area contributed by atoms with E-state index in [9.17, 15) is 17.6 Å². The summed E-state index contributed by atoms with van der Waals surface area (Å²) in [4.78, 5) is 11.5. The number of halogens is 1. The molecule has 2 rings (SSSR count). The van der Waals surface area contributed by atoms with Gasteiger partial charge < -0.3 is 9.50 Å². The van der Waals surface area contributed by atoms with Gasteiger partial charge >= 0.3 is 10.1 Å². The summed E-state index contributed by atoms with van der Waals surface area (Å²) in [7, 11) is -4.01. The lowest BCUT2D eigenvalue weighted by Gasteiger charge is -2.04. The van der Waals surface area contributed by atoms with Crippen molar-refractivity contribution in [2.45, 2.75) is 17.7 Å². The van der Waals surface area contributed by atoms with Gasteiger partial charge in [0.2, 0.25) is 5.91 Å². The Bertz CT molecular complexity index is 755. The first-order chi connectivity index (χ1) is 9.87. The fourth-order valence-corrected chi connectivity index (χ4v) is 3.67. The Morgan fingerprint density at radius 2 is 2.10 bits per heavy atom. The molecule has 1 N–H and O–H groups in total. The third-order valence-corrected chi connectivity index (χ3v) is 5.18. The summed E-state index contributed by atoms with van der Waals surface area (Å²) in [6.45, 7) is 1.62. The molecule has 1 aromatic carbocycles. The van der Waals surface area contributed by atoms with E-state index in [0.717, 1.165) is 17.4 Å². The van der Waals surface area contributed by atoms with Crippen molar-refractivity contribution in [2.75, 3.05) is 0 Å². The SMILES string of the molecule is CC(=O)NCc1ccc(S(=O)(=O)Oc2cccc(F)c2)s1. The van der Waals surface area contributed by atoms with Crippen LogP contribution in [-0.4, -0.2) is 14.3 Å². The zero-order valence-electron chi connectivity index (χ0n) is 11.0. The van der Waals surface area contributed by atoms with Gasteiger partial charge in [0.1, 0.15) is 11.6 Å². The smallest absolute Gasteiger partial charge is 0.348 e. The molecular formula is C13H12FNO4S2. The van der Waals surface area contributed by atoms with Crippen molar-refractivity contribution in [3.63, 3.8) is 0 Å². The molecule has 0 radical (unpaired) electrons. The van der Waals surface area contributed by atoms with Crippen LogP contribution in [0.4, 0.5) is 4.39 Å². The highest BCUT2D eigenvalue weighted by atomic mass is 32.3. The van der Waals surface area contributed by atoms with Crippen LogP contribution in [0, 0.1) is 5.82 Å². The Balaban J connectivity index is 2.14. The Kier molecular flexibility index (Phi) is 4.59. The first-order valence-corrected chi connectivity index (χ1v) is 8.12. The minimum atomic E-state index is -4.01. The van der Waals surface area contributed by atoms with Gasteiger partial charge in [-0.15, -0.1) is 11.3 Å². The minimum Gasteiger partial charge on any atom is -0.378 e. The molecule has 21 heavy (non-hydrogen) atoms. The zero-order chi connectivity index (χ0) is 15.5. The van der Waals surface area contributed by atoms with Crippen LogP contribution in [0.25, 0.3) is 0 Å². The van der Waals surface area contributed by atoms with Gasteiger partial charge in [-0.2, -0.15) is 8.42 Å². The van der Waals surface area contributed by atoms with E-state index in [1.54, 1.807) is 6.07 Å². The normalized spacial score (nSPS) is 11.1. The minimum absolute atomic E-state index is 0.00730. The first kappa shape index (κ1) is 15.5. The molecule has 0 spiro atoms. The topological polar surface area (TPSA) is 72.5 Å². The van der Waals surface area contributed by atoms with Crippen LogP contribution in [0.3, 0.4) is 0 Å². The molecule has 0 aliphatic rings. The molecule has 0 bridgehead atoms. The van der Waals surface area contributed by atoms with Crippen LogP contribution in [0.15, 0.2) is 40.6 Å². The summed E-state index contributed by atoms with van der Waals surface area (Å²) in [5.74, 6) is -0.879. The number of hydrogen-bond donors (Lipinski definition) is 1. The molecule has 0 aliphatic carbocycles. The molecule has 0 fully saturated rings. The van der Waals surface area contributed by atoms with Crippen LogP contribution in [0.5, 0.6) is 5.75 Å². The van der Waals surface area contributed by atoms with E-state index in [1.165, 1.54) is 31.2 Å². The van der Waals surface area contributed by atoms with Crippen LogP contribution in [0.2, 0.25) is 0 Å². The van der Waals surface area contributed by atoms with Gasteiger partial charge in [-0.25, -0.2) is 4.39 Å². The third-order valence-electron chi connectivity index (χ3n) is 2.40. The van der Waals surface area contributed by atoms with Gasteiger partial charge in [-0.3, -0.25) is 4.79 Å². The lowest BCUT2D eigenvalue weighted by Crippen LogP contribution is -2.18. The van der Waals surface area contributed by atoms with E-state index >= 15 is 0 Å². The van der Waals surface area contributed by atoms with Crippen LogP contribution >= 0.6 is 11.3 Å². The van der Waals surface area contributed by atoms with Gasteiger partial charge in [-0.1, -0.05) is 6.07 Å². The van der Waals surface area contributed by atoms with Crippen LogP contribution in [-0.2, 0) is 21.5 Å². The standard InChI is InChI=1S/C13H12FNO4S2/c1-9(16)15-8-12-5-6-13(20-12)21(17,18)19-11-4-2-3-10(14)7-11/h2-7H,8H2,1H3,(H,15,16). The summed E-state index contributed by atoms with van der Waals surface area (Å²) in [6.07, 6.45) is 0. The summed E-state index contributed by atoms with van der Waals surface area (Å²) >= 11 is 0.984.